The summed E-state index contributed by atoms with van der Waals surface area (Å²) in [5.74, 6) is -7.78. The SMILES string of the molecule is Fc1c(F)c(C(F)F)c(F)c(F)c1CCOC1CCCCO1. The average molecular weight is 328 g/mol. The Morgan fingerprint density at radius 1 is 1.00 bits per heavy atom. The van der Waals surface area contributed by atoms with Crippen LogP contribution in [-0.2, 0) is 15.9 Å². The zero-order chi connectivity index (χ0) is 16.3. The Hall–Kier alpha value is -1.28. The minimum absolute atomic E-state index is 0.245. The number of rotatable bonds is 5. The highest BCUT2D eigenvalue weighted by Gasteiger charge is 2.30. The zero-order valence-electron chi connectivity index (χ0n) is 11.5. The molecule has 2 nitrogen and oxygen atoms in total. The second-order valence-corrected chi connectivity index (χ2v) is 4.87. The summed E-state index contributed by atoms with van der Waals surface area (Å²) in [4.78, 5) is 0. The molecular formula is C14H14F6O2. The van der Waals surface area contributed by atoms with E-state index in [-0.39, 0.29) is 6.61 Å². The van der Waals surface area contributed by atoms with Crippen LogP contribution in [0.3, 0.4) is 0 Å². The van der Waals surface area contributed by atoms with Gasteiger partial charge in [0, 0.05) is 18.6 Å². The standard InChI is InChI=1S/C14H14F6O2/c15-10-7(4-6-22-8-3-1-2-5-21-8)11(16)13(18)9(12(10)17)14(19)20/h8,14H,1-6H2. The molecule has 1 fully saturated rings. The van der Waals surface area contributed by atoms with Gasteiger partial charge in [0.25, 0.3) is 6.43 Å². The van der Waals surface area contributed by atoms with Gasteiger partial charge in [0.15, 0.2) is 29.6 Å². The smallest absolute Gasteiger partial charge is 0.269 e. The van der Waals surface area contributed by atoms with E-state index >= 15 is 0 Å². The van der Waals surface area contributed by atoms with E-state index in [0.29, 0.717) is 13.0 Å². The molecule has 1 aliphatic rings. The summed E-state index contributed by atoms with van der Waals surface area (Å²) in [6, 6.07) is 0. The normalized spacial score (nSPS) is 19.0. The van der Waals surface area contributed by atoms with Gasteiger partial charge in [-0.1, -0.05) is 0 Å². The first kappa shape index (κ1) is 17.1. The van der Waals surface area contributed by atoms with Crippen molar-refractivity contribution >= 4 is 0 Å². The van der Waals surface area contributed by atoms with E-state index < -0.39 is 53.5 Å². The summed E-state index contributed by atoms with van der Waals surface area (Å²) in [6.07, 6.45) is -2.30. The summed E-state index contributed by atoms with van der Waals surface area (Å²) < 4.78 is 89.3. The monoisotopic (exact) mass is 328 g/mol. The molecule has 1 aromatic carbocycles. The molecule has 8 heteroatoms. The van der Waals surface area contributed by atoms with Crippen molar-refractivity contribution in [2.45, 2.75) is 38.4 Å². The Labute approximate surface area is 123 Å². The number of halogens is 6. The van der Waals surface area contributed by atoms with E-state index in [1.165, 1.54) is 0 Å². The van der Waals surface area contributed by atoms with Crippen LogP contribution in [0, 0.1) is 23.3 Å². The third kappa shape index (κ3) is 3.55. The topological polar surface area (TPSA) is 18.5 Å². The summed E-state index contributed by atoms with van der Waals surface area (Å²) in [5.41, 5.74) is -2.84. The molecule has 124 valence electrons. The van der Waals surface area contributed by atoms with Crippen molar-refractivity contribution in [1.82, 2.24) is 0 Å². The van der Waals surface area contributed by atoms with Crippen LogP contribution in [0.2, 0.25) is 0 Å². The molecule has 2 rings (SSSR count). The Morgan fingerprint density at radius 3 is 2.14 bits per heavy atom. The van der Waals surface area contributed by atoms with Gasteiger partial charge in [-0.2, -0.15) is 0 Å². The Balaban J connectivity index is 2.10. The molecule has 22 heavy (non-hydrogen) atoms. The van der Waals surface area contributed by atoms with Crippen molar-refractivity contribution in [1.29, 1.82) is 0 Å². The van der Waals surface area contributed by atoms with E-state index in [4.69, 9.17) is 9.47 Å². The first-order chi connectivity index (χ1) is 10.4. The van der Waals surface area contributed by atoms with Crippen LogP contribution in [0.5, 0.6) is 0 Å². The molecule has 1 aromatic rings. The van der Waals surface area contributed by atoms with E-state index in [2.05, 4.69) is 0 Å². The second kappa shape index (κ2) is 7.32. The number of hydrogen-bond donors (Lipinski definition) is 0. The molecule has 0 aliphatic carbocycles. The van der Waals surface area contributed by atoms with Crippen molar-refractivity contribution < 1.29 is 35.8 Å². The van der Waals surface area contributed by atoms with Gasteiger partial charge in [0.1, 0.15) is 0 Å². The molecule has 0 bridgehead atoms. The number of alkyl halides is 2. The van der Waals surface area contributed by atoms with Crippen molar-refractivity contribution in [3.8, 4) is 0 Å². The van der Waals surface area contributed by atoms with Gasteiger partial charge in [0.05, 0.1) is 12.2 Å². The third-order valence-corrected chi connectivity index (χ3v) is 3.40. The minimum Gasteiger partial charge on any atom is -0.353 e. The lowest BCUT2D eigenvalue weighted by Crippen LogP contribution is -2.23. The van der Waals surface area contributed by atoms with Crippen molar-refractivity contribution in [2.75, 3.05) is 13.2 Å². The lowest BCUT2D eigenvalue weighted by atomic mass is 10.1. The Morgan fingerprint density at radius 2 is 1.64 bits per heavy atom. The highest BCUT2D eigenvalue weighted by molar-refractivity contribution is 5.30. The van der Waals surface area contributed by atoms with Crippen LogP contribution in [0.4, 0.5) is 26.3 Å². The number of ether oxygens (including phenoxy) is 2. The molecule has 0 N–H and O–H groups in total. The van der Waals surface area contributed by atoms with E-state index in [1.54, 1.807) is 0 Å². The average Bonchev–Trinajstić information content (AvgIpc) is 2.49. The second-order valence-electron chi connectivity index (χ2n) is 4.87. The van der Waals surface area contributed by atoms with E-state index in [9.17, 15) is 26.3 Å². The quantitative estimate of drug-likeness (QED) is 0.594. The van der Waals surface area contributed by atoms with Crippen molar-refractivity contribution in [3.05, 3.63) is 34.4 Å². The largest absolute Gasteiger partial charge is 0.353 e. The molecule has 1 unspecified atom stereocenters. The molecule has 0 aromatic heterocycles. The maximum atomic E-state index is 13.6. The predicted molar refractivity (Wildman–Crippen MR) is 64.5 cm³/mol. The summed E-state index contributed by atoms with van der Waals surface area (Å²) in [5, 5.41) is 0. The maximum absolute atomic E-state index is 13.6. The molecule has 0 radical (unpaired) electrons. The van der Waals surface area contributed by atoms with Crippen molar-refractivity contribution in [3.63, 3.8) is 0 Å². The minimum atomic E-state index is -3.65. The molecule has 1 atom stereocenters. The molecule has 1 saturated heterocycles. The number of hydrogen-bond acceptors (Lipinski definition) is 2. The molecule has 0 spiro atoms. The van der Waals surface area contributed by atoms with Gasteiger partial charge >= 0.3 is 0 Å². The third-order valence-electron chi connectivity index (χ3n) is 3.40. The van der Waals surface area contributed by atoms with Gasteiger partial charge in [-0.3, -0.25) is 0 Å². The fourth-order valence-electron chi connectivity index (χ4n) is 2.24. The van der Waals surface area contributed by atoms with E-state index in [1.807, 2.05) is 0 Å². The van der Waals surface area contributed by atoms with Crippen LogP contribution >= 0.6 is 0 Å². The highest BCUT2D eigenvalue weighted by Crippen LogP contribution is 2.31. The van der Waals surface area contributed by atoms with Gasteiger partial charge in [-0.05, 0) is 19.3 Å². The first-order valence-corrected chi connectivity index (χ1v) is 6.79. The van der Waals surface area contributed by atoms with E-state index in [0.717, 1.165) is 12.8 Å². The zero-order valence-corrected chi connectivity index (χ0v) is 11.5. The van der Waals surface area contributed by atoms with Crippen LogP contribution in [-0.4, -0.2) is 19.5 Å². The molecular weight excluding hydrogens is 314 g/mol. The Bertz CT molecular complexity index is 500. The van der Waals surface area contributed by atoms with Crippen LogP contribution in [0.25, 0.3) is 0 Å². The maximum Gasteiger partial charge on any atom is 0.269 e. The summed E-state index contributed by atoms with van der Waals surface area (Å²) >= 11 is 0. The van der Waals surface area contributed by atoms with Crippen LogP contribution in [0.15, 0.2) is 0 Å². The summed E-state index contributed by atoms with van der Waals surface area (Å²) in [6.45, 7) is 0.255. The van der Waals surface area contributed by atoms with Crippen molar-refractivity contribution in [2.24, 2.45) is 0 Å². The van der Waals surface area contributed by atoms with Gasteiger partial charge in [0.2, 0.25) is 0 Å². The summed E-state index contributed by atoms with van der Waals surface area (Å²) in [7, 11) is 0. The van der Waals surface area contributed by atoms with Gasteiger partial charge < -0.3 is 9.47 Å². The Kier molecular flexibility index (Phi) is 5.69. The molecule has 0 amide bonds. The van der Waals surface area contributed by atoms with Gasteiger partial charge in [-0.15, -0.1) is 0 Å². The molecule has 1 aliphatic heterocycles. The predicted octanol–water partition coefficient (Wildman–Crippen LogP) is 4.27. The molecule has 0 saturated carbocycles. The fourth-order valence-corrected chi connectivity index (χ4v) is 2.24. The fraction of sp³-hybridized carbons (Fsp3) is 0.571. The first-order valence-electron chi connectivity index (χ1n) is 6.79. The highest BCUT2D eigenvalue weighted by atomic mass is 19.3. The number of benzene rings is 1. The van der Waals surface area contributed by atoms with Crippen LogP contribution in [0.1, 0.15) is 36.8 Å². The van der Waals surface area contributed by atoms with Gasteiger partial charge in [-0.25, -0.2) is 26.3 Å². The lowest BCUT2D eigenvalue weighted by Gasteiger charge is -2.22. The lowest BCUT2D eigenvalue weighted by molar-refractivity contribution is -0.161. The van der Waals surface area contributed by atoms with Crippen LogP contribution < -0.4 is 0 Å². The molecule has 1 heterocycles.